The molecule has 86 valence electrons. The first-order valence-electron chi connectivity index (χ1n) is 5.47. The summed E-state index contributed by atoms with van der Waals surface area (Å²) in [7, 11) is 0. The summed E-state index contributed by atoms with van der Waals surface area (Å²) in [4.78, 5) is 11.7. The molecule has 2 nitrogen and oxygen atoms in total. The highest BCUT2D eigenvalue weighted by atomic mass is 16.5. The molecule has 0 radical (unpaired) electrons. The van der Waals surface area contributed by atoms with Crippen LogP contribution in [0.5, 0.6) is 0 Å². The molecule has 0 aliphatic carbocycles. The first-order chi connectivity index (χ1) is 8.16. The molecule has 17 heavy (non-hydrogen) atoms. The average Bonchev–Trinajstić information content (AvgIpc) is 2.35. The second-order valence-corrected chi connectivity index (χ2v) is 4.10. The molecule has 0 aliphatic heterocycles. The van der Waals surface area contributed by atoms with Gasteiger partial charge in [-0.3, -0.25) is 0 Å². The Labute approximate surface area is 101 Å². The summed E-state index contributed by atoms with van der Waals surface area (Å²) in [6, 6.07) is 13.5. The van der Waals surface area contributed by atoms with E-state index in [2.05, 4.69) is 6.58 Å². The summed E-state index contributed by atoms with van der Waals surface area (Å²) in [5.74, 6) is -0.307. The number of benzene rings is 2. The van der Waals surface area contributed by atoms with Gasteiger partial charge in [0.2, 0.25) is 0 Å². The van der Waals surface area contributed by atoms with Crippen LogP contribution in [-0.4, -0.2) is 12.6 Å². The molecule has 2 aromatic rings. The Hall–Kier alpha value is -2.09. The minimum atomic E-state index is -0.307. The van der Waals surface area contributed by atoms with Gasteiger partial charge in [0.1, 0.15) is 6.61 Å². The van der Waals surface area contributed by atoms with Crippen LogP contribution in [-0.2, 0) is 4.74 Å². The average molecular weight is 226 g/mol. The van der Waals surface area contributed by atoms with E-state index in [1.54, 1.807) is 6.07 Å². The van der Waals surface area contributed by atoms with E-state index in [9.17, 15) is 4.79 Å². The smallest absolute Gasteiger partial charge is 0.338 e. The lowest BCUT2D eigenvalue weighted by atomic mass is 10.1. The van der Waals surface area contributed by atoms with Gasteiger partial charge in [-0.05, 0) is 35.4 Å². The quantitative estimate of drug-likeness (QED) is 0.590. The Bertz CT molecular complexity index is 570. The van der Waals surface area contributed by atoms with Crippen LogP contribution >= 0.6 is 0 Å². The molecule has 0 bridgehead atoms. The number of rotatable bonds is 3. The summed E-state index contributed by atoms with van der Waals surface area (Å²) in [5.41, 5.74) is 1.41. The van der Waals surface area contributed by atoms with Crippen molar-refractivity contribution in [1.29, 1.82) is 0 Å². The Kier molecular flexibility index (Phi) is 3.24. The van der Waals surface area contributed by atoms with Gasteiger partial charge in [-0.15, -0.1) is 0 Å². The van der Waals surface area contributed by atoms with Crippen LogP contribution in [0, 0.1) is 0 Å². The Morgan fingerprint density at radius 3 is 2.59 bits per heavy atom. The molecule has 0 aromatic heterocycles. The summed E-state index contributed by atoms with van der Waals surface area (Å²) >= 11 is 0. The molecule has 0 amide bonds. The summed E-state index contributed by atoms with van der Waals surface area (Å²) in [6.45, 7) is 5.79. The first kappa shape index (κ1) is 11.4. The molecule has 0 fully saturated rings. The van der Waals surface area contributed by atoms with Crippen LogP contribution in [0.15, 0.2) is 54.6 Å². The lowest BCUT2D eigenvalue weighted by molar-refractivity contribution is 0.0540. The summed E-state index contributed by atoms with van der Waals surface area (Å²) < 4.78 is 5.10. The fourth-order valence-electron chi connectivity index (χ4n) is 1.59. The van der Waals surface area contributed by atoms with Crippen molar-refractivity contribution >= 4 is 16.7 Å². The molecular formula is C15H14O2. The van der Waals surface area contributed by atoms with Gasteiger partial charge < -0.3 is 4.74 Å². The minimum absolute atomic E-state index is 0.270. The summed E-state index contributed by atoms with van der Waals surface area (Å²) in [6.07, 6.45) is 0. The van der Waals surface area contributed by atoms with E-state index in [-0.39, 0.29) is 12.6 Å². The van der Waals surface area contributed by atoms with Gasteiger partial charge in [-0.1, -0.05) is 36.9 Å². The van der Waals surface area contributed by atoms with Gasteiger partial charge in [-0.25, -0.2) is 4.79 Å². The molecule has 0 saturated carbocycles. The highest BCUT2D eigenvalue weighted by Gasteiger charge is 2.07. The topological polar surface area (TPSA) is 26.3 Å². The molecule has 0 spiro atoms. The lowest BCUT2D eigenvalue weighted by Crippen LogP contribution is -2.06. The SMILES string of the molecule is C=C(C)COC(=O)c1ccc2ccccc2c1. The lowest BCUT2D eigenvalue weighted by Gasteiger charge is -2.05. The van der Waals surface area contributed by atoms with Crippen molar-refractivity contribution in [2.75, 3.05) is 6.61 Å². The van der Waals surface area contributed by atoms with Crippen LogP contribution in [0.3, 0.4) is 0 Å². The van der Waals surface area contributed by atoms with E-state index in [0.29, 0.717) is 5.56 Å². The van der Waals surface area contributed by atoms with Gasteiger partial charge in [0.15, 0.2) is 0 Å². The highest BCUT2D eigenvalue weighted by Crippen LogP contribution is 2.16. The molecule has 0 unspecified atom stereocenters. The number of hydrogen-bond donors (Lipinski definition) is 0. The van der Waals surface area contributed by atoms with E-state index in [1.807, 2.05) is 43.3 Å². The van der Waals surface area contributed by atoms with Crippen molar-refractivity contribution < 1.29 is 9.53 Å². The van der Waals surface area contributed by atoms with Crippen LogP contribution < -0.4 is 0 Å². The molecule has 2 rings (SSSR count). The number of carbonyl (C=O) groups is 1. The third kappa shape index (κ3) is 2.72. The Morgan fingerprint density at radius 2 is 1.88 bits per heavy atom. The van der Waals surface area contributed by atoms with E-state index in [0.717, 1.165) is 16.3 Å². The van der Waals surface area contributed by atoms with Crippen molar-refractivity contribution in [3.8, 4) is 0 Å². The molecule has 0 atom stereocenters. The van der Waals surface area contributed by atoms with E-state index in [4.69, 9.17) is 4.74 Å². The van der Waals surface area contributed by atoms with Crippen LogP contribution in [0.25, 0.3) is 10.8 Å². The molecule has 2 heteroatoms. The van der Waals surface area contributed by atoms with Crippen molar-refractivity contribution in [3.63, 3.8) is 0 Å². The zero-order valence-corrected chi connectivity index (χ0v) is 9.77. The zero-order valence-electron chi connectivity index (χ0n) is 9.77. The van der Waals surface area contributed by atoms with Gasteiger partial charge in [-0.2, -0.15) is 0 Å². The zero-order chi connectivity index (χ0) is 12.3. The highest BCUT2D eigenvalue weighted by molar-refractivity contribution is 5.95. The predicted octanol–water partition coefficient (Wildman–Crippen LogP) is 3.57. The third-order valence-corrected chi connectivity index (χ3v) is 2.43. The largest absolute Gasteiger partial charge is 0.458 e. The number of carbonyl (C=O) groups excluding carboxylic acids is 1. The fraction of sp³-hybridized carbons (Fsp3) is 0.133. The normalized spacial score (nSPS) is 10.2. The fourth-order valence-corrected chi connectivity index (χ4v) is 1.59. The van der Waals surface area contributed by atoms with Gasteiger partial charge in [0.05, 0.1) is 5.56 Å². The molecule has 0 saturated heterocycles. The maximum absolute atomic E-state index is 11.7. The summed E-state index contributed by atoms with van der Waals surface area (Å²) in [5, 5.41) is 2.15. The molecule has 2 aromatic carbocycles. The van der Waals surface area contributed by atoms with E-state index >= 15 is 0 Å². The standard InChI is InChI=1S/C15H14O2/c1-11(2)10-17-15(16)14-8-7-12-5-3-4-6-13(12)9-14/h3-9H,1,10H2,2H3. The van der Waals surface area contributed by atoms with Crippen molar-refractivity contribution in [1.82, 2.24) is 0 Å². The Balaban J connectivity index is 2.24. The minimum Gasteiger partial charge on any atom is -0.458 e. The van der Waals surface area contributed by atoms with Crippen LogP contribution in [0.1, 0.15) is 17.3 Å². The number of hydrogen-bond acceptors (Lipinski definition) is 2. The van der Waals surface area contributed by atoms with Crippen molar-refractivity contribution in [2.45, 2.75) is 6.92 Å². The molecule has 0 heterocycles. The number of esters is 1. The van der Waals surface area contributed by atoms with Crippen molar-refractivity contribution in [3.05, 3.63) is 60.2 Å². The second-order valence-electron chi connectivity index (χ2n) is 4.10. The van der Waals surface area contributed by atoms with Crippen molar-refractivity contribution in [2.24, 2.45) is 0 Å². The monoisotopic (exact) mass is 226 g/mol. The molecule has 0 N–H and O–H groups in total. The third-order valence-electron chi connectivity index (χ3n) is 2.43. The van der Waals surface area contributed by atoms with E-state index in [1.165, 1.54) is 0 Å². The maximum atomic E-state index is 11.7. The van der Waals surface area contributed by atoms with Gasteiger partial charge in [0.25, 0.3) is 0 Å². The van der Waals surface area contributed by atoms with Crippen LogP contribution in [0.2, 0.25) is 0 Å². The van der Waals surface area contributed by atoms with E-state index < -0.39 is 0 Å². The Morgan fingerprint density at radius 1 is 1.18 bits per heavy atom. The molecular weight excluding hydrogens is 212 g/mol. The number of fused-ring (bicyclic) bond motifs is 1. The first-order valence-corrected chi connectivity index (χ1v) is 5.47. The maximum Gasteiger partial charge on any atom is 0.338 e. The van der Waals surface area contributed by atoms with Gasteiger partial charge in [0, 0.05) is 0 Å². The predicted molar refractivity (Wildman–Crippen MR) is 69.0 cm³/mol. The van der Waals surface area contributed by atoms with Crippen LogP contribution in [0.4, 0.5) is 0 Å². The van der Waals surface area contributed by atoms with Gasteiger partial charge >= 0.3 is 5.97 Å². The molecule has 0 aliphatic rings. The number of ether oxygens (including phenoxy) is 1. The second kappa shape index (κ2) is 4.83.